The maximum atomic E-state index is 12.2. The lowest BCUT2D eigenvalue weighted by atomic mass is 10.1. The molecule has 2 aromatic rings. The Bertz CT molecular complexity index is 859. The molecular weight excluding hydrogens is 400 g/mol. The van der Waals surface area contributed by atoms with E-state index in [0.717, 1.165) is 30.8 Å². The number of hydrazine groups is 1. The minimum atomic E-state index is -0.435. The third-order valence-electron chi connectivity index (χ3n) is 4.38. The summed E-state index contributed by atoms with van der Waals surface area (Å²) < 4.78 is 0. The van der Waals surface area contributed by atoms with Crippen molar-refractivity contribution in [3.05, 3.63) is 57.6 Å². The molecule has 0 radical (unpaired) electrons. The lowest BCUT2D eigenvalue weighted by Gasteiger charge is -2.25. The summed E-state index contributed by atoms with van der Waals surface area (Å²) in [7, 11) is 0. The Kier molecular flexibility index (Phi) is 7.13. The Labute approximate surface area is 172 Å². The summed E-state index contributed by atoms with van der Waals surface area (Å²) in [5.41, 5.74) is 6.30. The molecular formula is C19H21ClN4O3S. The number of nitro benzene ring substituents is 1. The molecule has 0 saturated carbocycles. The molecule has 1 amide bonds. The van der Waals surface area contributed by atoms with Gasteiger partial charge in [-0.1, -0.05) is 41.9 Å². The van der Waals surface area contributed by atoms with Gasteiger partial charge in [-0.15, -0.1) is 0 Å². The molecule has 2 aromatic carbocycles. The van der Waals surface area contributed by atoms with Gasteiger partial charge in [-0.25, -0.2) is 0 Å². The van der Waals surface area contributed by atoms with Gasteiger partial charge >= 0.3 is 0 Å². The Hall–Kier alpha value is -2.29. The first-order valence-corrected chi connectivity index (χ1v) is 10.2. The van der Waals surface area contributed by atoms with Crippen LogP contribution in [0.15, 0.2) is 52.3 Å². The fourth-order valence-corrected chi connectivity index (χ4v) is 4.28. The minimum Gasteiger partial charge on any atom is -0.297 e. The molecule has 3 rings (SSSR count). The second-order valence-electron chi connectivity index (χ2n) is 6.48. The molecule has 28 heavy (non-hydrogen) atoms. The molecule has 9 heteroatoms. The number of likely N-dealkylation sites (tertiary alicyclic amines) is 1. The summed E-state index contributed by atoms with van der Waals surface area (Å²) in [5, 5.41) is 11.7. The van der Waals surface area contributed by atoms with Crippen LogP contribution in [0.3, 0.4) is 0 Å². The van der Waals surface area contributed by atoms with Gasteiger partial charge in [-0.3, -0.25) is 30.7 Å². The summed E-state index contributed by atoms with van der Waals surface area (Å²) >= 11 is 7.23. The van der Waals surface area contributed by atoms with Crippen LogP contribution in [0.2, 0.25) is 5.02 Å². The van der Waals surface area contributed by atoms with E-state index in [1.54, 1.807) is 12.1 Å². The van der Waals surface area contributed by atoms with Gasteiger partial charge in [-0.05, 0) is 50.2 Å². The van der Waals surface area contributed by atoms with Crippen molar-refractivity contribution in [2.75, 3.05) is 25.1 Å². The number of para-hydroxylation sites is 1. The van der Waals surface area contributed by atoms with Gasteiger partial charge in [0.1, 0.15) is 0 Å². The van der Waals surface area contributed by atoms with Crippen molar-refractivity contribution in [2.24, 2.45) is 0 Å². The van der Waals surface area contributed by atoms with Crippen molar-refractivity contribution >= 4 is 40.6 Å². The highest BCUT2D eigenvalue weighted by Gasteiger charge is 2.17. The number of nitro groups is 1. The topological polar surface area (TPSA) is 87.5 Å². The number of nitrogens with one attached hydrogen (secondary N) is 2. The number of nitrogens with zero attached hydrogens (tertiary/aromatic N) is 2. The number of anilines is 1. The van der Waals surface area contributed by atoms with Crippen molar-refractivity contribution in [2.45, 2.75) is 29.1 Å². The van der Waals surface area contributed by atoms with Gasteiger partial charge in [-0.2, -0.15) is 0 Å². The van der Waals surface area contributed by atoms with Crippen LogP contribution in [-0.4, -0.2) is 35.4 Å². The normalized spacial score (nSPS) is 14.5. The van der Waals surface area contributed by atoms with Gasteiger partial charge in [0.05, 0.1) is 22.1 Å². The number of hydrogen-bond acceptors (Lipinski definition) is 6. The molecule has 1 fully saturated rings. The van der Waals surface area contributed by atoms with E-state index in [0.29, 0.717) is 22.2 Å². The number of carbonyl (C=O) groups is 1. The monoisotopic (exact) mass is 420 g/mol. The average Bonchev–Trinajstić information content (AvgIpc) is 2.68. The van der Waals surface area contributed by atoms with E-state index in [1.807, 2.05) is 18.2 Å². The lowest BCUT2D eigenvalue weighted by Crippen LogP contribution is -2.41. The Morgan fingerprint density at radius 3 is 2.64 bits per heavy atom. The predicted molar refractivity (Wildman–Crippen MR) is 111 cm³/mol. The van der Waals surface area contributed by atoms with E-state index in [4.69, 9.17) is 11.6 Å². The zero-order valence-corrected chi connectivity index (χ0v) is 16.8. The number of amides is 1. The third kappa shape index (κ3) is 5.60. The molecule has 1 heterocycles. The van der Waals surface area contributed by atoms with Crippen LogP contribution >= 0.6 is 23.4 Å². The predicted octanol–water partition coefficient (Wildman–Crippen LogP) is 4.33. The van der Waals surface area contributed by atoms with E-state index in [1.165, 1.54) is 30.3 Å². The average molecular weight is 421 g/mol. The molecule has 1 aliphatic rings. The van der Waals surface area contributed by atoms with Crippen LogP contribution in [0.5, 0.6) is 0 Å². The van der Waals surface area contributed by atoms with E-state index >= 15 is 0 Å². The maximum absolute atomic E-state index is 12.2. The van der Waals surface area contributed by atoms with Gasteiger partial charge in [0.2, 0.25) is 0 Å². The van der Waals surface area contributed by atoms with Gasteiger partial charge in [0.15, 0.2) is 0 Å². The van der Waals surface area contributed by atoms with Crippen LogP contribution in [0.25, 0.3) is 0 Å². The SMILES string of the molecule is O=C(CN1CCCCC1)NNc1ccccc1Sc1cc(Cl)ccc1[N+](=O)[O-]. The molecule has 0 unspecified atom stereocenters. The van der Waals surface area contributed by atoms with Gasteiger partial charge < -0.3 is 0 Å². The smallest absolute Gasteiger partial charge is 0.283 e. The molecule has 0 atom stereocenters. The number of halogens is 1. The lowest BCUT2D eigenvalue weighted by molar-refractivity contribution is -0.387. The maximum Gasteiger partial charge on any atom is 0.283 e. The van der Waals surface area contributed by atoms with Crippen LogP contribution in [-0.2, 0) is 4.79 Å². The van der Waals surface area contributed by atoms with E-state index < -0.39 is 4.92 Å². The number of rotatable bonds is 7. The molecule has 0 bridgehead atoms. The molecule has 0 spiro atoms. The fourth-order valence-electron chi connectivity index (χ4n) is 3.00. The van der Waals surface area contributed by atoms with E-state index in [-0.39, 0.29) is 11.6 Å². The molecule has 1 saturated heterocycles. The second-order valence-corrected chi connectivity index (χ2v) is 8.00. The van der Waals surface area contributed by atoms with Gasteiger partial charge in [0, 0.05) is 16.0 Å². The fraction of sp³-hybridized carbons (Fsp3) is 0.316. The highest BCUT2D eigenvalue weighted by Crippen LogP contribution is 2.39. The molecule has 1 aliphatic heterocycles. The van der Waals surface area contributed by atoms with Crippen molar-refractivity contribution in [1.82, 2.24) is 10.3 Å². The number of carbonyl (C=O) groups excluding carboxylic acids is 1. The minimum absolute atomic E-state index is 0.0154. The van der Waals surface area contributed by atoms with Gasteiger partial charge in [0.25, 0.3) is 11.6 Å². The van der Waals surface area contributed by atoms with Crippen LogP contribution in [0.4, 0.5) is 11.4 Å². The summed E-state index contributed by atoms with van der Waals surface area (Å²) in [6.07, 6.45) is 3.47. The Morgan fingerprint density at radius 2 is 1.89 bits per heavy atom. The summed E-state index contributed by atoms with van der Waals surface area (Å²) in [4.78, 5) is 26.4. The Morgan fingerprint density at radius 1 is 1.14 bits per heavy atom. The first kappa shape index (κ1) is 20.4. The van der Waals surface area contributed by atoms with E-state index in [2.05, 4.69) is 15.8 Å². The molecule has 148 valence electrons. The molecule has 0 aromatic heterocycles. The molecule has 7 nitrogen and oxygen atoms in total. The van der Waals surface area contributed by atoms with Crippen molar-refractivity contribution < 1.29 is 9.72 Å². The number of benzene rings is 2. The number of hydrogen-bond donors (Lipinski definition) is 2. The first-order valence-electron chi connectivity index (χ1n) is 9.01. The summed E-state index contributed by atoms with van der Waals surface area (Å²) in [5.74, 6) is -0.115. The highest BCUT2D eigenvalue weighted by atomic mass is 35.5. The van der Waals surface area contributed by atoms with E-state index in [9.17, 15) is 14.9 Å². The molecule has 0 aliphatic carbocycles. The van der Waals surface area contributed by atoms with Crippen molar-refractivity contribution in [1.29, 1.82) is 0 Å². The quantitative estimate of drug-likeness (QED) is 0.512. The first-order chi connectivity index (χ1) is 13.5. The number of piperidine rings is 1. The third-order valence-corrected chi connectivity index (χ3v) is 5.74. The standard InChI is InChI=1S/C19H21ClN4O3S/c20-14-8-9-16(24(26)27)18(12-14)28-17-7-3-2-6-15(17)21-22-19(25)13-23-10-4-1-5-11-23/h2-3,6-9,12,21H,1,4-5,10-11,13H2,(H,22,25). The Balaban J connectivity index is 1.67. The second kappa shape index (κ2) is 9.77. The van der Waals surface area contributed by atoms with Crippen LogP contribution in [0, 0.1) is 10.1 Å². The zero-order valence-electron chi connectivity index (χ0n) is 15.2. The van der Waals surface area contributed by atoms with Crippen LogP contribution in [0.1, 0.15) is 19.3 Å². The summed E-state index contributed by atoms with van der Waals surface area (Å²) in [6.45, 7) is 2.23. The van der Waals surface area contributed by atoms with Crippen molar-refractivity contribution in [3.8, 4) is 0 Å². The van der Waals surface area contributed by atoms with Crippen molar-refractivity contribution in [3.63, 3.8) is 0 Å². The molecule has 2 N–H and O–H groups in total. The summed E-state index contributed by atoms with van der Waals surface area (Å²) in [6, 6.07) is 11.7. The van der Waals surface area contributed by atoms with Crippen LogP contribution < -0.4 is 10.9 Å². The highest BCUT2D eigenvalue weighted by molar-refractivity contribution is 7.99. The largest absolute Gasteiger partial charge is 0.297 e. The zero-order chi connectivity index (χ0) is 19.9.